The SMILES string of the molecule is C[S+]([O-])c1nc2c(c(N3CCN(C(=O)OC(C)(C)C)[C@@H](CC#N)C3)n1)CCC1(CCCc3c(Cl)cccc31)C2. The van der Waals surface area contributed by atoms with Gasteiger partial charge in [-0.3, -0.25) is 0 Å². The van der Waals surface area contributed by atoms with Gasteiger partial charge in [0.15, 0.2) is 0 Å². The Kier molecular flexibility index (Phi) is 7.75. The van der Waals surface area contributed by atoms with Gasteiger partial charge in [0, 0.05) is 53.2 Å². The fourth-order valence-corrected chi connectivity index (χ4v) is 7.16. The molecule has 5 rings (SSSR count). The molecule has 0 radical (unpaired) electrons. The average molecular weight is 570 g/mol. The fraction of sp³-hybridized carbons (Fsp3) is 0.586. The molecule has 8 nitrogen and oxygen atoms in total. The zero-order chi connectivity index (χ0) is 27.9. The predicted octanol–water partition coefficient (Wildman–Crippen LogP) is 4.97. The van der Waals surface area contributed by atoms with Crippen molar-refractivity contribution < 1.29 is 14.1 Å². The molecule has 1 aliphatic heterocycles. The average Bonchev–Trinajstić information content (AvgIpc) is 2.88. The highest BCUT2D eigenvalue weighted by Gasteiger charge is 2.43. The first-order valence-corrected chi connectivity index (χ1v) is 15.6. The molecule has 1 aromatic carbocycles. The monoisotopic (exact) mass is 569 g/mol. The lowest BCUT2D eigenvalue weighted by atomic mass is 9.62. The van der Waals surface area contributed by atoms with Gasteiger partial charge in [0.2, 0.25) is 0 Å². The number of benzene rings is 1. The summed E-state index contributed by atoms with van der Waals surface area (Å²) in [5, 5.41) is 10.7. The van der Waals surface area contributed by atoms with Gasteiger partial charge in [-0.25, -0.2) is 4.79 Å². The zero-order valence-electron chi connectivity index (χ0n) is 23.1. The van der Waals surface area contributed by atoms with Crippen LogP contribution in [-0.4, -0.2) is 63.0 Å². The van der Waals surface area contributed by atoms with Crippen molar-refractivity contribution in [1.82, 2.24) is 14.9 Å². The van der Waals surface area contributed by atoms with E-state index < -0.39 is 22.9 Å². The van der Waals surface area contributed by atoms with Gasteiger partial charge in [0.1, 0.15) is 17.7 Å². The molecule has 1 saturated heterocycles. The van der Waals surface area contributed by atoms with E-state index in [4.69, 9.17) is 26.3 Å². The number of ether oxygens (including phenoxy) is 1. The molecular formula is C29H36ClN5O3S. The van der Waals surface area contributed by atoms with Gasteiger partial charge in [-0.15, -0.1) is 0 Å². The van der Waals surface area contributed by atoms with E-state index in [0.717, 1.165) is 60.6 Å². The smallest absolute Gasteiger partial charge is 0.410 e. The third-order valence-electron chi connectivity index (χ3n) is 8.18. The number of carbonyl (C=O) groups is 1. The van der Waals surface area contributed by atoms with E-state index in [9.17, 15) is 14.6 Å². The van der Waals surface area contributed by atoms with Crippen molar-refractivity contribution in [2.75, 3.05) is 30.8 Å². The lowest BCUT2D eigenvalue weighted by Crippen LogP contribution is -2.56. The van der Waals surface area contributed by atoms with Crippen molar-refractivity contribution in [3.63, 3.8) is 0 Å². The summed E-state index contributed by atoms with van der Waals surface area (Å²) in [4.78, 5) is 26.4. The van der Waals surface area contributed by atoms with E-state index >= 15 is 0 Å². The Hall–Kier alpha value is -2.54. The fourth-order valence-electron chi connectivity index (χ4n) is 6.44. The van der Waals surface area contributed by atoms with Crippen LogP contribution in [0.5, 0.6) is 0 Å². The molecule has 2 heterocycles. The van der Waals surface area contributed by atoms with Crippen LogP contribution >= 0.6 is 11.6 Å². The maximum Gasteiger partial charge on any atom is 0.410 e. The van der Waals surface area contributed by atoms with Crippen LogP contribution in [0.4, 0.5) is 10.6 Å². The third-order valence-corrected chi connectivity index (χ3v) is 9.23. The van der Waals surface area contributed by atoms with Crippen LogP contribution in [0.2, 0.25) is 5.02 Å². The molecule has 3 atom stereocenters. The molecule has 10 heteroatoms. The molecule has 39 heavy (non-hydrogen) atoms. The lowest BCUT2D eigenvalue weighted by Gasteiger charge is -2.45. The van der Waals surface area contributed by atoms with Crippen molar-refractivity contribution in [2.24, 2.45) is 0 Å². The Morgan fingerprint density at radius 2 is 2.05 bits per heavy atom. The lowest BCUT2D eigenvalue weighted by molar-refractivity contribution is 0.0144. The second kappa shape index (κ2) is 10.8. The summed E-state index contributed by atoms with van der Waals surface area (Å²) in [5.74, 6) is 0.786. The minimum absolute atomic E-state index is 0.0393. The van der Waals surface area contributed by atoms with E-state index in [-0.39, 0.29) is 17.9 Å². The van der Waals surface area contributed by atoms with E-state index in [1.54, 1.807) is 11.2 Å². The number of hydrogen-bond donors (Lipinski definition) is 0. The van der Waals surface area contributed by atoms with Crippen LogP contribution in [-0.2, 0) is 40.6 Å². The van der Waals surface area contributed by atoms with Gasteiger partial charge in [-0.1, -0.05) is 23.7 Å². The van der Waals surface area contributed by atoms with Crippen LogP contribution in [0, 0.1) is 11.3 Å². The second-order valence-electron chi connectivity index (χ2n) is 11.9. The molecule has 1 fully saturated rings. The largest absolute Gasteiger partial charge is 0.609 e. The first-order valence-electron chi connectivity index (χ1n) is 13.6. The van der Waals surface area contributed by atoms with Crippen molar-refractivity contribution >= 4 is 34.7 Å². The quantitative estimate of drug-likeness (QED) is 0.379. The number of hydrogen-bond acceptors (Lipinski definition) is 7. The molecule has 0 bridgehead atoms. The van der Waals surface area contributed by atoms with Gasteiger partial charge in [0.25, 0.3) is 0 Å². The number of halogens is 1. The first kappa shape index (κ1) is 28.0. The number of piperazine rings is 1. The summed E-state index contributed by atoms with van der Waals surface area (Å²) in [6.07, 6.45) is 7.08. The number of anilines is 1. The highest BCUT2D eigenvalue weighted by atomic mass is 35.5. The first-order chi connectivity index (χ1) is 18.5. The zero-order valence-corrected chi connectivity index (χ0v) is 24.7. The molecule has 0 saturated carbocycles. The Labute approximate surface area is 238 Å². The molecule has 2 aromatic rings. The minimum atomic E-state index is -1.35. The number of carbonyl (C=O) groups excluding carboxylic acids is 1. The Morgan fingerprint density at radius 3 is 2.77 bits per heavy atom. The van der Waals surface area contributed by atoms with Gasteiger partial charge < -0.3 is 19.1 Å². The number of amides is 1. The van der Waals surface area contributed by atoms with Crippen LogP contribution in [0.1, 0.15) is 68.8 Å². The Morgan fingerprint density at radius 1 is 1.26 bits per heavy atom. The number of rotatable bonds is 3. The molecule has 2 aliphatic carbocycles. The molecule has 1 aromatic heterocycles. The van der Waals surface area contributed by atoms with Gasteiger partial charge in [-0.05, 0) is 70.1 Å². The Balaban J connectivity index is 1.48. The van der Waals surface area contributed by atoms with Crippen LogP contribution in [0.3, 0.4) is 0 Å². The van der Waals surface area contributed by atoms with Crippen LogP contribution < -0.4 is 4.90 Å². The molecule has 1 spiro atoms. The van der Waals surface area contributed by atoms with Crippen molar-refractivity contribution in [3.8, 4) is 6.07 Å². The standard InChI is InChI=1S/C29H36ClN5O3S/c1-28(2,3)38-27(36)35-16-15-34(18-19(35)11-14-31)25-21-10-13-29(17-24(21)32-26(33-25)39(4)37)12-6-7-20-22(29)8-5-9-23(20)30/h5,8-9,19H,6-7,10-13,15-18H2,1-4H3/t19-,29?,39?/m0/s1. The number of fused-ring (bicyclic) bond motifs is 3. The van der Waals surface area contributed by atoms with Crippen molar-refractivity contribution in [3.05, 3.63) is 45.6 Å². The van der Waals surface area contributed by atoms with Crippen LogP contribution in [0.15, 0.2) is 23.4 Å². The Bertz CT molecular complexity index is 1310. The number of nitriles is 1. The van der Waals surface area contributed by atoms with Crippen LogP contribution in [0.25, 0.3) is 0 Å². The summed E-state index contributed by atoms with van der Waals surface area (Å²) in [6.45, 7) is 6.93. The summed E-state index contributed by atoms with van der Waals surface area (Å²) in [5.41, 5.74) is 3.96. The molecule has 2 unspecified atom stereocenters. The third kappa shape index (κ3) is 5.57. The van der Waals surface area contributed by atoms with Crippen molar-refractivity contribution in [2.45, 2.75) is 87.9 Å². The topological polar surface area (TPSA) is 105 Å². The number of aromatic nitrogens is 2. The maximum atomic E-state index is 12.9. The molecular weight excluding hydrogens is 534 g/mol. The minimum Gasteiger partial charge on any atom is -0.609 e. The maximum absolute atomic E-state index is 12.9. The van der Waals surface area contributed by atoms with E-state index in [1.807, 2.05) is 32.9 Å². The van der Waals surface area contributed by atoms with E-state index in [2.05, 4.69) is 17.0 Å². The van der Waals surface area contributed by atoms with E-state index in [1.165, 1.54) is 11.1 Å². The van der Waals surface area contributed by atoms with Gasteiger partial charge in [-0.2, -0.15) is 15.2 Å². The number of nitrogens with zero attached hydrogens (tertiary/aromatic N) is 5. The summed E-state index contributed by atoms with van der Waals surface area (Å²) in [7, 11) is 0. The second-order valence-corrected chi connectivity index (χ2v) is 13.6. The van der Waals surface area contributed by atoms with Gasteiger partial charge >= 0.3 is 11.2 Å². The highest BCUT2D eigenvalue weighted by molar-refractivity contribution is 7.90. The summed E-state index contributed by atoms with van der Waals surface area (Å²) < 4.78 is 18.3. The molecule has 3 aliphatic rings. The molecule has 0 N–H and O–H groups in total. The molecule has 208 valence electrons. The summed E-state index contributed by atoms with van der Waals surface area (Å²) >= 11 is 5.26. The molecule has 1 amide bonds. The summed E-state index contributed by atoms with van der Waals surface area (Å²) in [6, 6.07) is 8.14. The highest BCUT2D eigenvalue weighted by Crippen LogP contribution is 2.48. The van der Waals surface area contributed by atoms with E-state index in [0.29, 0.717) is 24.8 Å². The van der Waals surface area contributed by atoms with Crippen molar-refractivity contribution in [1.29, 1.82) is 5.26 Å². The normalized spacial score (nSPS) is 23.6. The predicted molar refractivity (Wildman–Crippen MR) is 152 cm³/mol. The van der Waals surface area contributed by atoms with Gasteiger partial charge in [0.05, 0.1) is 24.2 Å².